The lowest BCUT2D eigenvalue weighted by Crippen LogP contribution is -2.31. The molecule has 0 saturated carbocycles. The van der Waals surface area contributed by atoms with Crippen LogP contribution in [0.2, 0.25) is 0 Å². The van der Waals surface area contributed by atoms with Gasteiger partial charge in [0.05, 0.1) is 11.4 Å². The van der Waals surface area contributed by atoms with Gasteiger partial charge < -0.3 is 20.9 Å². The van der Waals surface area contributed by atoms with E-state index < -0.39 is 0 Å². The maximum absolute atomic E-state index is 12.4. The largest absolute Gasteiger partial charge is 0.370 e. The molecule has 3 N–H and O–H groups in total. The van der Waals surface area contributed by atoms with E-state index in [1.54, 1.807) is 0 Å². The zero-order chi connectivity index (χ0) is 19.6. The standard InChI is InChI=1S/C22H28N4O2/c27-21(14-15-23-22(28)24-18-10-4-3-5-11-18)25-19-12-6-7-13-20(19)26-16-8-1-2-9-17-26/h3-7,10-13H,1-2,8-9,14-17H2,(H,25,27)(H2,23,24,28). The maximum Gasteiger partial charge on any atom is 0.319 e. The number of carbonyl (C=O) groups excluding carboxylic acids is 2. The number of anilines is 3. The highest BCUT2D eigenvalue weighted by Gasteiger charge is 2.14. The lowest BCUT2D eigenvalue weighted by Gasteiger charge is -2.25. The Morgan fingerprint density at radius 2 is 1.50 bits per heavy atom. The second-order valence-corrected chi connectivity index (χ2v) is 6.96. The molecule has 3 rings (SSSR count). The summed E-state index contributed by atoms with van der Waals surface area (Å²) in [7, 11) is 0. The second kappa shape index (κ2) is 10.3. The average Bonchev–Trinajstić information content (AvgIpc) is 2.98. The van der Waals surface area contributed by atoms with Crippen molar-refractivity contribution in [3.63, 3.8) is 0 Å². The number of nitrogens with one attached hydrogen (secondary N) is 3. The van der Waals surface area contributed by atoms with Gasteiger partial charge in [0.25, 0.3) is 0 Å². The Hall–Kier alpha value is -3.02. The molecule has 2 aromatic carbocycles. The van der Waals surface area contributed by atoms with Crippen LogP contribution in [0.15, 0.2) is 54.6 Å². The molecule has 1 aliphatic heterocycles. The van der Waals surface area contributed by atoms with Gasteiger partial charge in [-0.1, -0.05) is 43.2 Å². The summed E-state index contributed by atoms with van der Waals surface area (Å²) in [4.78, 5) is 26.6. The molecular weight excluding hydrogens is 352 g/mol. The van der Waals surface area contributed by atoms with E-state index in [0.29, 0.717) is 0 Å². The highest BCUT2D eigenvalue weighted by Crippen LogP contribution is 2.28. The van der Waals surface area contributed by atoms with Gasteiger partial charge in [0.15, 0.2) is 0 Å². The van der Waals surface area contributed by atoms with Crippen molar-refractivity contribution in [3.05, 3.63) is 54.6 Å². The van der Waals surface area contributed by atoms with Crippen LogP contribution in [0.1, 0.15) is 32.1 Å². The Morgan fingerprint density at radius 1 is 0.821 bits per heavy atom. The molecule has 1 fully saturated rings. The fraction of sp³-hybridized carbons (Fsp3) is 0.364. The first-order valence-corrected chi connectivity index (χ1v) is 9.96. The van der Waals surface area contributed by atoms with Gasteiger partial charge in [-0.25, -0.2) is 4.79 Å². The number of amides is 3. The number of benzene rings is 2. The van der Waals surface area contributed by atoms with Gasteiger partial charge in [0, 0.05) is 31.7 Å². The third-order valence-electron chi connectivity index (χ3n) is 4.79. The minimum Gasteiger partial charge on any atom is -0.370 e. The van der Waals surface area contributed by atoms with Crippen molar-refractivity contribution in [1.29, 1.82) is 0 Å². The Labute approximate surface area is 166 Å². The van der Waals surface area contributed by atoms with E-state index >= 15 is 0 Å². The summed E-state index contributed by atoms with van der Waals surface area (Å²) < 4.78 is 0. The lowest BCUT2D eigenvalue weighted by molar-refractivity contribution is -0.116. The number of carbonyl (C=O) groups is 2. The summed E-state index contributed by atoms with van der Waals surface area (Å²) in [6.07, 6.45) is 5.12. The van der Waals surface area contributed by atoms with Crippen LogP contribution in [0, 0.1) is 0 Å². The number of hydrogen-bond donors (Lipinski definition) is 3. The Kier molecular flexibility index (Phi) is 7.29. The monoisotopic (exact) mass is 380 g/mol. The van der Waals surface area contributed by atoms with Gasteiger partial charge in [0.2, 0.25) is 5.91 Å². The molecule has 1 heterocycles. The summed E-state index contributed by atoms with van der Waals surface area (Å²) in [6.45, 7) is 2.32. The fourth-order valence-corrected chi connectivity index (χ4v) is 3.37. The van der Waals surface area contributed by atoms with Crippen LogP contribution in [0.4, 0.5) is 21.9 Å². The van der Waals surface area contributed by atoms with E-state index in [-0.39, 0.29) is 24.9 Å². The maximum atomic E-state index is 12.4. The van der Waals surface area contributed by atoms with E-state index in [1.807, 2.05) is 48.5 Å². The summed E-state index contributed by atoms with van der Waals surface area (Å²) in [5, 5.41) is 8.45. The average molecular weight is 380 g/mol. The molecule has 0 atom stereocenters. The Balaban J connectivity index is 1.47. The minimum atomic E-state index is -0.316. The first kappa shape index (κ1) is 19.7. The molecule has 0 bridgehead atoms. The highest BCUT2D eigenvalue weighted by molar-refractivity contribution is 5.95. The van der Waals surface area contributed by atoms with Crippen molar-refractivity contribution in [2.75, 3.05) is 35.2 Å². The van der Waals surface area contributed by atoms with E-state index in [2.05, 4.69) is 26.9 Å². The van der Waals surface area contributed by atoms with Crippen molar-refractivity contribution in [1.82, 2.24) is 5.32 Å². The first-order chi connectivity index (χ1) is 13.7. The van der Waals surface area contributed by atoms with Gasteiger partial charge in [0.1, 0.15) is 0 Å². The highest BCUT2D eigenvalue weighted by atomic mass is 16.2. The zero-order valence-electron chi connectivity index (χ0n) is 16.1. The predicted octanol–water partition coefficient (Wildman–Crippen LogP) is 4.22. The molecule has 0 unspecified atom stereocenters. The third kappa shape index (κ3) is 6.01. The summed E-state index contributed by atoms with van der Waals surface area (Å²) >= 11 is 0. The van der Waals surface area contributed by atoms with Crippen LogP contribution in [-0.2, 0) is 4.79 Å². The summed E-state index contributed by atoms with van der Waals surface area (Å²) in [5.74, 6) is -0.109. The Bertz CT molecular complexity index is 771. The molecule has 6 heteroatoms. The van der Waals surface area contributed by atoms with Gasteiger partial charge in [-0.05, 0) is 37.1 Å². The SMILES string of the molecule is O=C(CCNC(=O)Nc1ccccc1)Nc1ccccc1N1CCCCCC1. The van der Waals surface area contributed by atoms with E-state index in [0.717, 1.165) is 30.2 Å². The summed E-state index contributed by atoms with van der Waals surface area (Å²) in [6, 6.07) is 16.8. The van der Waals surface area contributed by atoms with Crippen molar-refractivity contribution >= 4 is 29.0 Å². The van der Waals surface area contributed by atoms with E-state index in [4.69, 9.17) is 0 Å². The molecule has 0 radical (unpaired) electrons. The summed E-state index contributed by atoms with van der Waals surface area (Å²) in [5.41, 5.74) is 2.63. The molecular formula is C22H28N4O2. The zero-order valence-corrected chi connectivity index (χ0v) is 16.1. The third-order valence-corrected chi connectivity index (χ3v) is 4.79. The molecule has 0 aliphatic carbocycles. The topological polar surface area (TPSA) is 73.5 Å². The number of para-hydroxylation sites is 3. The number of rotatable bonds is 6. The molecule has 2 aromatic rings. The smallest absolute Gasteiger partial charge is 0.319 e. The number of urea groups is 1. The van der Waals surface area contributed by atoms with E-state index in [1.165, 1.54) is 25.7 Å². The van der Waals surface area contributed by atoms with Crippen molar-refractivity contribution in [2.24, 2.45) is 0 Å². The molecule has 1 aliphatic rings. The van der Waals surface area contributed by atoms with Crippen LogP contribution in [0.5, 0.6) is 0 Å². The second-order valence-electron chi connectivity index (χ2n) is 6.96. The molecule has 28 heavy (non-hydrogen) atoms. The minimum absolute atomic E-state index is 0.109. The lowest BCUT2D eigenvalue weighted by atomic mass is 10.2. The van der Waals surface area contributed by atoms with Crippen LogP contribution >= 0.6 is 0 Å². The van der Waals surface area contributed by atoms with Gasteiger partial charge in [-0.15, -0.1) is 0 Å². The van der Waals surface area contributed by atoms with Crippen molar-refractivity contribution < 1.29 is 9.59 Å². The first-order valence-electron chi connectivity index (χ1n) is 9.96. The molecule has 0 spiro atoms. The van der Waals surface area contributed by atoms with Crippen LogP contribution in [0.25, 0.3) is 0 Å². The molecule has 6 nitrogen and oxygen atoms in total. The van der Waals surface area contributed by atoms with Crippen molar-refractivity contribution in [2.45, 2.75) is 32.1 Å². The molecule has 0 aromatic heterocycles. The van der Waals surface area contributed by atoms with Crippen molar-refractivity contribution in [3.8, 4) is 0 Å². The molecule has 1 saturated heterocycles. The van der Waals surface area contributed by atoms with Gasteiger partial charge in [-0.2, -0.15) is 0 Å². The quantitative estimate of drug-likeness (QED) is 0.703. The van der Waals surface area contributed by atoms with Crippen LogP contribution in [0.3, 0.4) is 0 Å². The van der Waals surface area contributed by atoms with Crippen LogP contribution < -0.4 is 20.9 Å². The number of hydrogen-bond acceptors (Lipinski definition) is 3. The van der Waals surface area contributed by atoms with Gasteiger partial charge in [-0.3, -0.25) is 4.79 Å². The Morgan fingerprint density at radius 3 is 2.25 bits per heavy atom. The number of nitrogens with zero attached hydrogens (tertiary/aromatic N) is 1. The fourth-order valence-electron chi connectivity index (χ4n) is 3.37. The molecule has 3 amide bonds. The van der Waals surface area contributed by atoms with Gasteiger partial charge >= 0.3 is 6.03 Å². The molecule has 148 valence electrons. The normalized spacial score (nSPS) is 14.1. The van der Waals surface area contributed by atoms with Crippen LogP contribution in [-0.4, -0.2) is 31.6 Å². The predicted molar refractivity (Wildman–Crippen MR) is 114 cm³/mol. The van der Waals surface area contributed by atoms with E-state index in [9.17, 15) is 9.59 Å².